The van der Waals surface area contributed by atoms with Gasteiger partial charge in [0.15, 0.2) is 0 Å². The summed E-state index contributed by atoms with van der Waals surface area (Å²) in [6.45, 7) is 2.19. The summed E-state index contributed by atoms with van der Waals surface area (Å²) in [5.74, 6) is 0. The van der Waals surface area contributed by atoms with Crippen LogP contribution >= 0.6 is 0 Å². The molecule has 1 nitrogen and oxygen atoms in total. The van der Waals surface area contributed by atoms with E-state index in [9.17, 15) is 0 Å². The SMILES string of the molecule is [B-]N1CCCCC1.[Li+]. The smallest absolute Gasteiger partial charge is 0.580 e. The minimum absolute atomic E-state index is 0. The van der Waals surface area contributed by atoms with Crippen LogP contribution in [0.5, 0.6) is 0 Å². The molecule has 0 aromatic carbocycles. The number of hydrogen-bond donors (Lipinski definition) is 0. The Labute approximate surface area is 64.4 Å². The summed E-state index contributed by atoms with van der Waals surface area (Å²) in [5, 5.41) is 0. The van der Waals surface area contributed by atoms with Gasteiger partial charge in [-0.2, -0.15) is 0 Å². The van der Waals surface area contributed by atoms with Gasteiger partial charge in [0.2, 0.25) is 0 Å². The molecule has 39 valence electrons. The Hall–Kier alpha value is 0.622. The van der Waals surface area contributed by atoms with Crippen LogP contribution in [0.1, 0.15) is 19.3 Å². The molecular weight excluding hydrogens is 91.8 g/mol. The average Bonchev–Trinajstić information content (AvgIpc) is 1.69. The Morgan fingerprint density at radius 2 is 1.50 bits per heavy atom. The van der Waals surface area contributed by atoms with Crippen LogP contribution in [-0.2, 0) is 0 Å². The molecule has 3 radical (unpaired) electrons. The number of rotatable bonds is 0. The molecule has 0 aromatic rings. The fourth-order valence-corrected chi connectivity index (χ4v) is 0.918. The Kier molecular flexibility index (Phi) is 4.85. The van der Waals surface area contributed by atoms with Crippen LogP contribution in [0.2, 0.25) is 0 Å². The Balaban J connectivity index is 0.000000490. The van der Waals surface area contributed by atoms with Crippen molar-refractivity contribution in [3.63, 3.8) is 0 Å². The van der Waals surface area contributed by atoms with E-state index in [-0.39, 0.29) is 18.9 Å². The third kappa shape index (κ3) is 2.82. The van der Waals surface area contributed by atoms with Crippen molar-refractivity contribution >= 4 is 7.98 Å². The molecule has 1 saturated heterocycles. The van der Waals surface area contributed by atoms with Crippen LogP contribution < -0.4 is 18.9 Å². The zero-order valence-corrected chi connectivity index (χ0v) is 5.56. The van der Waals surface area contributed by atoms with Crippen molar-refractivity contribution in [2.75, 3.05) is 13.1 Å². The fourth-order valence-electron chi connectivity index (χ4n) is 0.918. The van der Waals surface area contributed by atoms with E-state index >= 15 is 0 Å². The molecule has 0 aliphatic carbocycles. The van der Waals surface area contributed by atoms with Gasteiger partial charge in [-0.15, -0.1) is 0 Å². The first kappa shape index (κ1) is 8.62. The summed E-state index contributed by atoms with van der Waals surface area (Å²) < 4.78 is 0. The van der Waals surface area contributed by atoms with Crippen LogP contribution in [0, 0.1) is 0 Å². The van der Waals surface area contributed by atoms with Crippen molar-refractivity contribution in [3.05, 3.63) is 0 Å². The molecule has 1 aliphatic heterocycles. The molecular formula is C5H10BLiN. The summed E-state index contributed by atoms with van der Waals surface area (Å²) in [6.07, 6.45) is 3.95. The van der Waals surface area contributed by atoms with E-state index in [2.05, 4.69) is 0 Å². The van der Waals surface area contributed by atoms with Gasteiger partial charge in [-0.25, -0.2) is 0 Å². The van der Waals surface area contributed by atoms with Gasteiger partial charge in [-0.1, -0.05) is 6.42 Å². The second-order valence-corrected chi connectivity index (χ2v) is 2.10. The minimum Gasteiger partial charge on any atom is -0.580 e. The number of piperidine rings is 1. The maximum absolute atomic E-state index is 5.47. The molecule has 0 saturated carbocycles. The zero-order chi connectivity index (χ0) is 5.11. The van der Waals surface area contributed by atoms with Crippen molar-refractivity contribution in [1.82, 2.24) is 4.81 Å². The largest absolute Gasteiger partial charge is 1.00 e. The molecule has 3 heteroatoms. The summed E-state index contributed by atoms with van der Waals surface area (Å²) in [6, 6.07) is 0. The second-order valence-electron chi connectivity index (χ2n) is 2.10. The summed E-state index contributed by atoms with van der Waals surface area (Å²) >= 11 is 0. The topological polar surface area (TPSA) is 3.24 Å². The summed E-state index contributed by atoms with van der Waals surface area (Å²) in [5.41, 5.74) is 0. The van der Waals surface area contributed by atoms with Crippen molar-refractivity contribution in [2.24, 2.45) is 0 Å². The minimum atomic E-state index is 0. The molecule has 0 N–H and O–H groups in total. The van der Waals surface area contributed by atoms with E-state index in [1.54, 1.807) is 0 Å². The molecule has 1 aliphatic rings. The van der Waals surface area contributed by atoms with Gasteiger partial charge >= 0.3 is 18.9 Å². The molecule has 0 bridgehead atoms. The first-order valence-electron chi connectivity index (χ1n) is 2.89. The predicted molar refractivity (Wildman–Crippen MR) is 31.2 cm³/mol. The monoisotopic (exact) mass is 102 g/mol. The molecule has 0 unspecified atom stereocenters. The summed E-state index contributed by atoms with van der Waals surface area (Å²) in [7, 11) is 5.47. The van der Waals surface area contributed by atoms with Crippen molar-refractivity contribution in [1.29, 1.82) is 0 Å². The molecule has 0 atom stereocenters. The summed E-state index contributed by atoms with van der Waals surface area (Å²) in [4.78, 5) is 1.89. The first-order chi connectivity index (χ1) is 3.39. The van der Waals surface area contributed by atoms with Crippen LogP contribution in [-0.4, -0.2) is 25.9 Å². The van der Waals surface area contributed by atoms with E-state index in [4.69, 9.17) is 7.98 Å². The molecule has 1 heterocycles. The molecule has 0 aromatic heterocycles. The maximum atomic E-state index is 5.47. The van der Waals surface area contributed by atoms with E-state index in [1.807, 2.05) is 4.81 Å². The van der Waals surface area contributed by atoms with Crippen LogP contribution in [0.3, 0.4) is 0 Å². The van der Waals surface area contributed by atoms with Gasteiger partial charge in [0, 0.05) is 0 Å². The van der Waals surface area contributed by atoms with Crippen LogP contribution in [0.25, 0.3) is 0 Å². The number of hydrogen-bond acceptors (Lipinski definition) is 1. The van der Waals surface area contributed by atoms with E-state index in [1.165, 1.54) is 19.3 Å². The quantitative estimate of drug-likeness (QED) is 0.307. The van der Waals surface area contributed by atoms with Crippen molar-refractivity contribution < 1.29 is 18.9 Å². The third-order valence-corrected chi connectivity index (χ3v) is 1.39. The second kappa shape index (κ2) is 4.50. The fraction of sp³-hybridized carbons (Fsp3) is 1.00. The van der Waals surface area contributed by atoms with Gasteiger partial charge in [-0.05, 0) is 25.9 Å². The molecule has 0 spiro atoms. The normalized spacial score (nSPS) is 22.1. The third-order valence-electron chi connectivity index (χ3n) is 1.39. The van der Waals surface area contributed by atoms with E-state index in [0.29, 0.717) is 0 Å². The molecule has 8 heavy (non-hydrogen) atoms. The number of nitrogens with zero attached hydrogens (tertiary/aromatic N) is 1. The van der Waals surface area contributed by atoms with Crippen LogP contribution in [0.15, 0.2) is 0 Å². The van der Waals surface area contributed by atoms with Crippen LogP contribution in [0.4, 0.5) is 0 Å². The molecule has 1 rings (SSSR count). The molecule has 1 fully saturated rings. The van der Waals surface area contributed by atoms with Gasteiger partial charge in [0.1, 0.15) is 0 Å². The molecule has 0 amide bonds. The Morgan fingerprint density at radius 3 is 1.75 bits per heavy atom. The van der Waals surface area contributed by atoms with E-state index in [0.717, 1.165) is 13.1 Å². The Morgan fingerprint density at radius 1 is 1.00 bits per heavy atom. The van der Waals surface area contributed by atoms with E-state index < -0.39 is 0 Å². The average molecular weight is 102 g/mol. The maximum Gasteiger partial charge on any atom is 1.00 e. The van der Waals surface area contributed by atoms with Gasteiger partial charge < -0.3 is 12.8 Å². The van der Waals surface area contributed by atoms with Gasteiger partial charge in [0.05, 0.1) is 0 Å². The first-order valence-corrected chi connectivity index (χ1v) is 2.89. The van der Waals surface area contributed by atoms with Crippen molar-refractivity contribution in [2.45, 2.75) is 19.3 Å². The zero-order valence-electron chi connectivity index (χ0n) is 5.56. The van der Waals surface area contributed by atoms with Gasteiger partial charge in [0.25, 0.3) is 0 Å². The van der Waals surface area contributed by atoms with Gasteiger partial charge in [-0.3, -0.25) is 0 Å². The van der Waals surface area contributed by atoms with Crippen molar-refractivity contribution in [3.8, 4) is 0 Å². The predicted octanol–water partition coefficient (Wildman–Crippen LogP) is -2.44. The Bertz CT molecular complexity index is 54.4. The standard InChI is InChI=1S/C5H10BN.Li/c6-7-4-2-1-3-5-7;/h1-5H2;/q-1;+1.